The standard InChI is InChI=1S/C13H14O/c1-10-7-8-12(13(14)9-10)11-5-3-2-4-6-11/h2-7,12H,8-9H2,1H3. The summed E-state index contributed by atoms with van der Waals surface area (Å²) in [4.78, 5) is 11.8. The number of carbonyl (C=O) groups excluding carboxylic acids is 1. The van der Waals surface area contributed by atoms with Crippen molar-refractivity contribution in [3.05, 3.63) is 47.5 Å². The van der Waals surface area contributed by atoms with Gasteiger partial charge in [-0.15, -0.1) is 0 Å². The summed E-state index contributed by atoms with van der Waals surface area (Å²) in [6, 6.07) is 10.0. The molecular weight excluding hydrogens is 172 g/mol. The number of rotatable bonds is 1. The summed E-state index contributed by atoms with van der Waals surface area (Å²) < 4.78 is 0. The van der Waals surface area contributed by atoms with Crippen LogP contribution in [-0.4, -0.2) is 5.78 Å². The molecule has 0 aliphatic heterocycles. The van der Waals surface area contributed by atoms with Gasteiger partial charge in [-0.1, -0.05) is 42.0 Å². The molecule has 1 aliphatic rings. The van der Waals surface area contributed by atoms with Crippen LogP contribution >= 0.6 is 0 Å². The number of carbonyl (C=O) groups is 1. The van der Waals surface area contributed by atoms with E-state index >= 15 is 0 Å². The molecule has 1 aliphatic carbocycles. The molecule has 0 fully saturated rings. The normalized spacial score (nSPS) is 21.9. The van der Waals surface area contributed by atoms with Gasteiger partial charge < -0.3 is 0 Å². The second-order valence-corrected chi connectivity index (χ2v) is 3.89. The van der Waals surface area contributed by atoms with E-state index in [1.165, 1.54) is 5.57 Å². The Morgan fingerprint density at radius 2 is 1.93 bits per heavy atom. The molecule has 2 rings (SSSR count). The Kier molecular flexibility index (Phi) is 2.49. The molecule has 1 aromatic rings. The fraction of sp³-hybridized carbons (Fsp3) is 0.308. The molecule has 1 heteroatoms. The molecule has 72 valence electrons. The fourth-order valence-corrected chi connectivity index (χ4v) is 1.93. The van der Waals surface area contributed by atoms with Crippen LogP contribution in [0.25, 0.3) is 0 Å². The number of Topliss-reactive ketones (excluding diaryl/α,β-unsaturated/α-hetero) is 1. The molecule has 0 bridgehead atoms. The lowest BCUT2D eigenvalue weighted by Gasteiger charge is -2.19. The maximum atomic E-state index is 11.8. The second-order valence-electron chi connectivity index (χ2n) is 3.89. The Morgan fingerprint density at radius 1 is 1.21 bits per heavy atom. The van der Waals surface area contributed by atoms with E-state index in [9.17, 15) is 4.79 Å². The summed E-state index contributed by atoms with van der Waals surface area (Å²) in [6.07, 6.45) is 3.67. The smallest absolute Gasteiger partial charge is 0.144 e. The first-order valence-corrected chi connectivity index (χ1v) is 5.00. The van der Waals surface area contributed by atoms with E-state index in [0.29, 0.717) is 12.2 Å². The first-order valence-electron chi connectivity index (χ1n) is 5.00. The number of hydrogen-bond acceptors (Lipinski definition) is 1. The first kappa shape index (κ1) is 9.20. The third kappa shape index (κ3) is 1.77. The second kappa shape index (κ2) is 3.79. The van der Waals surface area contributed by atoms with Crippen molar-refractivity contribution in [2.75, 3.05) is 0 Å². The highest BCUT2D eigenvalue weighted by Gasteiger charge is 2.22. The van der Waals surface area contributed by atoms with Crippen molar-refractivity contribution in [1.82, 2.24) is 0 Å². The minimum Gasteiger partial charge on any atom is -0.299 e. The quantitative estimate of drug-likeness (QED) is 0.616. The summed E-state index contributed by atoms with van der Waals surface area (Å²) in [5.74, 6) is 0.455. The van der Waals surface area contributed by atoms with E-state index in [2.05, 4.69) is 6.08 Å². The zero-order chi connectivity index (χ0) is 9.97. The highest BCUT2D eigenvalue weighted by atomic mass is 16.1. The van der Waals surface area contributed by atoms with E-state index in [1.54, 1.807) is 0 Å². The minimum atomic E-state index is 0.0971. The van der Waals surface area contributed by atoms with E-state index < -0.39 is 0 Å². The van der Waals surface area contributed by atoms with Gasteiger partial charge in [-0.2, -0.15) is 0 Å². The van der Waals surface area contributed by atoms with Gasteiger partial charge >= 0.3 is 0 Å². The first-order chi connectivity index (χ1) is 6.77. The zero-order valence-electron chi connectivity index (χ0n) is 8.36. The van der Waals surface area contributed by atoms with Crippen LogP contribution in [0.1, 0.15) is 31.2 Å². The number of ketones is 1. The molecular formula is C13H14O. The third-order valence-electron chi connectivity index (χ3n) is 2.75. The average Bonchev–Trinajstić information content (AvgIpc) is 2.19. The van der Waals surface area contributed by atoms with Crippen molar-refractivity contribution in [2.45, 2.75) is 25.7 Å². The molecule has 0 radical (unpaired) electrons. The molecule has 0 saturated heterocycles. The van der Waals surface area contributed by atoms with Crippen LogP contribution in [0.15, 0.2) is 42.0 Å². The molecule has 0 saturated carbocycles. The largest absolute Gasteiger partial charge is 0.299 e. The SMILES string of the molecule is CC1=CCC(c2ccccc2)C(=O)C1. The van der Waals surface area contributed by atoms with Gasteiger partial charge in [0.2, 0.25) is 0 Å². The zero-order valence-corrected chi connectivity index (χ0v) is 8.36. The molecule has 1 aromatic carbocycles. The summed E-state index contributed by atoms with van der Waals surface area (Å²) in [6.45, 7) is 2.03. The molecule has 0 spiro atoms. The Labute approximate surface area is 84.5 Å². The maximum absolute atomic E-state index is 11.8. The lowest BCUT2D eigenvalue weighted by molar-refractivity contribution is -0.120. The lowest BCUT2D eigenvalue weighted by atomic mass is 9.84. The van der Waals surface area contributed by atoms with Gasteiger partial charge in [0.05, 0.1) is 0 Å². The van der Waals surface area contributed by atoms with Gasteiger partial charge in [0.15, 0.2) is 0 Å². The Morgan fingerprint density at radius 3 is 2.57 bits per heavy atom. The lowest BCUT2D eigenvalue weighted by Crippen LogP contribution is -2.15. The predicted molar refractivity (Wildman–Crippen MR) is 57.2 cm³/mol. The van der Waals surface area contributed by atoms with E-state index in [-0.39, 0.29) is 5.92 Å². The van der Waals surface area contributed by atoms with E-state index in [4.69, 9.17) is 0 Å². The van der Waals surface area contributed by atoms with E-state index in [1.807, 2.05) is 37.3 Å². The van der Waals surface area contributed by atoms with Gasteiger partial charge in [-0.3, -0.25) is 4.79 Å². The predicted octanol–water partition coefficient (Wildman–Crippen LogP) is 3.08. The maximum Gasteiger partial charge on any atom is 0.144 e. The minimum absolute atomic E-state index is 0.0971. The average molecular weight is 186 g/mol. The molecule has 1 nitrogen and oxygen atoms in total. The third-order valence-corrected chi connectivity index (χ3v) is 2.75. The van der Waals surface area contributed by atoms with Crippen molar-refractivity contribution in [3.8, 4) is 0 Å². The van der Waals surface area contributed by atoms with Gasteiger partial charge in [0.25, 0.3) is 0 Å². The van der Waals surface area contributed by atoms with Crippen molar-refractivity contribution in [3.63, 3.8) is 0 Å². The van der Waals surface area contributed by atoms with Crippen molar-refractivity contribution < 1.29 is 4.79 Å². The molecule has 0 heterocycles. The summed E-state index contributed by atoms with van der Waals surface area (Å²) >= 11 is 0. The summed E-state index contributed by atoms with van der Waals surface area (Å²) in [5.41, 5.74) is 2.36. The summed E-state index contributed by atoms with van der Waals surface area (Å²) in [5, 5.41) is 0. The summed E-state index contributed by atoms with van der Waals surface area (Å²) in [7, 11) is 0. The molecule has 1 unspecified atom stereocenters. The van der Waals surface area contributed by atoms with Crippen LogP contribution in [0.3, 0.4) is 0 Å². The van der Waals surface area contributed by atoms with Crippen LogP contribution in [0, 0.1) is 0 Å². The Bertz CT molecular complexity index is 362. The molecule has 0 N–H and O–H groups in total. The Hall–Kier alpha value is -1.37. The van der Waals surface area contributed by atoms with Crippen LogP contribution in [0.4, 0.5) is 0 Å². The van der Waals surface area contributed by atoms with E-state index in [0.717, 1.165) is 12.0 Å². The Balaban J connectivity index is 2.25. The van der Waals surface area contributed by atoms with Crippen molar-refractivity contribution in [2.24, 2.45) is 0 Å². The molecule has 0 aromatic heterocycles. The molecule has 1 atom stereocenters. The number of allylic oxidation sites excluding steroid dienone is 2. The highest BCUT2D eigenvalue weighted by Crippen LogP contribution is 2.28. The number of hydrogen-bond donors (Lipinski definition) is 0. The van der Waals surface area contributed by atoms with Gasteiger partial charge in [-0.05, 0) is 18.9 Å². The number of benzene rings is 1. The van der Waals surface area contributed by atoms with Crippen LogP contribution < -0.4 is 0 Å². The topological polar surface area (TPSA) is 17.1 Å². The molecule has 0 amide bonds. The monoisotopic (exact) mass is 186 g/mol. The van der Waals surface area contributed by atoms with Gasteiger partial charge in [0, 0.05) is 12.3 Å². The molecule has 14 heavy (non-hydrogen) atoms. The van der Waals surface area contributed by atoms with Crippen LogP contribution in [0.2, 0.25) is 0 Å². The van der Waals surface area contributed by atoms with Crippen molar-refractivity contribution >= 4 is 5.78 Å². The van der Waals surface area contributed by atoms with Crippen LogP contribution in [-0.2, 0) is 4.79 Å². The van der Waals surface area contributed by atoms with Gasteiger partial charge in [-0.25, -0.2) is 0 Å². The highest BCUT2D eigenvalue weighted by molar-refractivity contribution is 5.88. The van der Waals surface area contributed by atoms with Crippen molar-refractivity contribution in [1.29, 1.82) is 0 Å². The van der Waals surface area contributed by atoms with Crippen LogP contribution in [0.5, 0.6) is 0 Å². The fourth-order valence-electron chi connectivity index (χ4n) is 1.93. The van der Waals surface area contributed by atoms with Gasteiger partial charge in [0.1, 0.15) is 5.78 Å².